The maximum absolute atomic E-state index is 4.74. The Morgan fingerprint density at radius 3 is 2.71 bits per heavy atom. The topological polar surface area (TPSA) is 52.6 Å². The molecule has 1 aromatic heterocycles. The molecule has 0 aromatic carbocycles. The lowest BCUT2D eigenvalue weighted by Crippen LogP contribution is -2.49. The fraction of sp³-hybridized carbons (Fsp3) is 0.778. The lowest BCUT2D eigenvalue weighted by molar-refractivity contribution is 0.167. The molecule has 0 saturated carbocycles. The standard InChI is InChI=1S/C18H33N5S/c1-5-17-21-16(13-24-17)7-10-20-18(19-6-2)22-15-8-11-23(12-9-15)14(3)4/h13-15H,5-12H2,1-4H3,(H2,19,20,22). The zero-order valence-electron chi connectivity index (χ0n) is 15.6. The summed E-state index contributed by atoms with van der Waals surface area (Å²) in [6.07, 6.45) is 4.31. The summed E-state index contributed by atoms with van der Waals surface area (Å²) in [4.78, 5) is 11.9. The van der Waals surface area contributed by atoms with Crippen molar-refractivity contribution in [2.45, 2.75) is 65.5 Å². The van der Waals surface area contributed by atoms with Gasteiger partial charge in [0, 0.05) is 50.1 Å². The van der Waals surface area contributed by atoms with E-state index >= 15 is 0 Å². The number of hydrogen-bond acceptors (Lipinski definition) is 4. The molecular weight excluding hydrogens is 318 g/mol. The highest BCUT2D eigenvalue weighted by molar-refractivity contribution is 7.09. The Balaban J connectivity index is 1.80. The summed E-state index contributed by atoms with van der Waals surface area (Å²) >= 11 is 1.75. The number of hydrogen-bond donors (Lipinski definition) is 2. The van der Waals surface area contributed by atoms with Crippen molar-refractivity contribution in [2.75, 3.05) is 26.2 Å². The van der Waals surface area contributed by atoms with E-state index in [1.165, 1.54) is 36.6 Å². The van der Waals surface area contributed by atoms with E-state index in [1.54, 1.807) is 11.3 Å². The van der Waals surface area contributed by atoms with Gasteiger partial charge in [0.15, 0.2) is 5.96 Å². The SMILES string of the molecule is CCNC(=NCCc1csc(CC)n1)NC1CCN(C(C)C)CC1. The second kappa shape index (κ2) is 9.99. The van der Waals surface area contributed by atoms with Crippen LogP contribution in [0.25, 0.3) is 0 Å². The van der Waals surface area contributed by atoms with E-state index < -0.39 is 0 Å². The third-order valence-electron chi connectivity index (χ3n) is 4.48. The Morgan fingerprint density at radius 2 is 2.12 bits per heavy atom. The Bertz CT molecular complexity index is 503. The van der Waals surface area contributed by atoms with Crippen LogP contribution in [-0.4, -0.2) is 54.1 Å². The number of guanidine groups is 1. The Labute approximate surface area is 151 Å². The molecule has 0 atom stereocenters. The molecule has 2 rings (SSSR count). The van der Waals surface area contributed by atoms with Gasteiger partial charge in [-0.25, -0.2) is 4.98 Å². The smallest absolute Gasteiger partial charge is 0.191 e. The number of aryl methyl sites for hydroxylation is 1. The molecule has 2 heterocycles. The minimum absolute atomic E-state index is 0.531. The fourth-order valence-electron chi connectivity index (χ4n) is 2.98. The van der Waals surface area contributed by atoms with Crippen LogP contribution in [0.3, 0.4) is 0 Å². The number of rotatable bonds is 7. The maximum atomic E-state index is 4.74. The van der Waals surface area contributed by atoms with Gasteiger partial charge >= 0.3 is 0 Å². The van der Waals surface area contributed by atoms with Crippen molar-refractivity contribution in [1.29, 1.82) is 0 Å². The quantitative estimate of drug-likeness (QED) is 0.586. The third kappa shape index (κ3) is 6.06. The molecule has 5 nitrogen and oxygen atoms in total. The van der Waals surface area contributed by atoms with Gasteiger partial charge in [0.25, 0.3) is 0 Å². The number of nitrogens with one attached hydrogen (secondary N) is 2. The largest absolute Gasteiger partial charge is 0.357 e. The molecule has 0 spiro atoms. The summed E-state index contributed by atoms with van der Waals surface area (Å²) in [5, 5.41) is 10.4. The highest BCUT2D eigenvalue weighted by atomic mass is 32.1. The van der Waals surface area contributed by atoms with E-state index in [1.807, 2.05) is 0 Å². The van der Waals surface area contributed by atoms with Gasteiger partial charge in [0.2, 0.25) is 0 Å². The predicted molar refractivity (Wildman–Crippen MR) is 104 cm³/mol. The summed E-state index contributed by atoms with van der Waals surface area (Å²) in [6, 6.07) is 1.18. The van der Waals surface area contributed by atoms with Gasteiger partial charge in [-0.2, -0.15) is 0 Å². The van der Waals surface area contributed by atoms with E-state index in [-0.39, 0.29) is 0 Å². The van der Waals surface area contributed by atoms with E-state index in [2.05, 4.69) is 53.6 Å². The molecule has 2 N–H and O–H groups in total. The van der Waals surface area contributed by atoms with E-state index in [9.17, 15) is 0 Å². The summed E-state index contributed by atoms with van der Waals surface area (Å²) in [5.41, 5.74) is 1.17. The maximum Gasteiger partial charge on any atom is 0.191 e. The second-order valence-corrected chi connectivity index (χ2v) is 7.59. The normalized spacial score (nSPS) is 17.5. The molecule has 1 aliphatic rings. The molecule has 24 heavy (non-hydrogen) atoms. The van der Waals surface area contributed by atoms with E-state index in [0.717, 1.165) is 31.9 Å². The van der Waals surface area contributed by atoms with Crippen molar-refractivity contribution >= 4 is 17.3 Å². The van der Waals surface area contributed by atoms with E-state index in [0.29, 0.717) is 12.1 Å². The number of thiazole rings is 1. The number of nitrogens with zero attached hydrogens (tertiary/aromatic N) is 3. The Morgan fingerprint density at radius 1 is 1.38 bits per heavy atom. The predicted octanol–water partition coefficient (Wildman–Crippen LogP) is 2.68. The van der Waals surface area contributed by atoms with Gasteiger partial charge in [-0.1, -0.05) is 6.92 Å². The van der Waals surface area contributed by atoms with Crippen molar-refractivity contribution in [3.63, 3.8) is 0 Å². The molecule has 6 heteroatoms. The van der Waals surface area contributed by atoms with Gasteiger partial charge < -0.3 is 15.5 Å². The minimum Gasteiger partial charge on any atom is -0.357 e. The second-order valence-electron chi connectivity index (χ2n) is 6.65. The summed E-state index contributed by atoms with van der Waals surface area (Å²) in [5.74, 6) is 0.950. The zero-order valence-corrected chi connectivity index (χ0v) is 16.5. The fourth-order valence-corrected chi connectivity index (χ4v) is 3.76. The zero-order chi connectivity index (χ0) is 17.4. The number of piperidine rings is 1. The van der Waals surface area contributed by atoms with Crippen LogP contribution >= 0.6 is 11.3 Å². The van der Waals surface area contributed by atoms with Crippen molar-refractivity contribution in [1.82, 2.24) is 20.5 Å². The van der Waals surface area contributed by atoms with Crippen LogP contribution in [0.5, 0.6) is 0 Å². The summed E-state index contributed by atoms with van der Waals surface area (Å²) in [7, 11) is 0. The van der Waals surface area contributed by atoms with Crippen molar-refractivity contribution < 1.29 is 0 Å². The van der Waals surface area contributed by atoms with Gasteiger partial charge in [-0.05, 0) is 40.0 Å². The Kier molecular flexibility index (Phi) is 7.99. The molecule has 1 saturated heterocycles. The van der Waals surface area contributed by atoms with Gasteiger partial charge in [0.05, 0.1) is 10.7 Å². The van der Waals surface area contributed by atoms with Crippen LogP contribution in [0.15, 0.2) is 10.4 Å². The van der Waals surface area contributed by atoms with Crippen molar-refractivity contribution in [3.05, 3.63) is 16.1 Å². The first-order valence-electron chi connectivity index (χ1n) is 9.34. The Hall–Kier alpha value is -1.14. The molecule has 0 bridgehead atoms. The molecule has 1 aromatic rings. The molecule has 0 aliphatic carbocycles. The lowest BCUT2D eigenvalue weighted by Gasteiger charge is -2.35. The van der Waals surface area contributed by atoms with Gasteiger partial charge in [-0.3, -0.25) is 4.99 Å². The molecule has 1 aliphatic heterocycles. The van der Waals surface area contributed by atoms with Crippen LogP contribution in [0.2, 0.25) is 0 Å². The van der Waals surface area contributed by atoms with Crippen LogP contribution in [0, 0.1) is 0 Å². The summed E-state index contributed by atoms with van der Waals surface area (Å²) in [6.45, 7) is 12.9. The first-order valence-corrected chi connectivity index (χ1v) is 10.2. The highest BCUT2D eigenvalue weighted by Crippen LogP contribution is 2.13. The van der Waals surface area contributed by atoms with E-state index in [4.69, 9.17) is 4.99 Å². The van der Waals surface area contributed by atoms with Crippen molar-refractivity contribution in [2.24, 2.45) is 4.99 Å². The molecule has 0 amide bonds. The monoisotopic (exact) mass is 351 g/mol. The molecular formula is C18H33N5S. The average molecular weight is 352 g/mol. The lowest BCUT2D eigenvalue weighted by atomic mass is 10.0. The van der Waals surface area contributed by atoms with Crippen LogP contribution in [0.4, 0.5) is 0 Å². The number of aromatic nitrogens is 1. The van der Waals surface area contributed by atoms with Crippen LogP contribution in [-0.2, 0) is 12.8 Å². The number of likely N-dealkylation sites (tertiary alicyclic amines) is 1. The highest BCUT2D eigenvalue weighted by Gasteiger charge is 2.21. The summed E-state index contributed by atoms with van der Waals surface area (Å²) < 4.78 is 0. The van der Waals surface area contributed by atoms with Crippen LogP contribution in [0.1, 0.15) is 51.2 Å². The first kappa shape index (κ1) is 19.2. The van der Waals surface area contributed by atoms with Gasteiger partial charge in [-0.15, -0.1) is 11.3 Å². The molecule has 136 valence electrons. The van der Waals surface area contributed by atoms with Gasteiger partial charge in [0.1, 0.15) is 0 Å². The third-order valence-corrected chi connectivity index (χ3v) is 5.53. The molecule has 1 fully saturated rings. The number of aliphatic imine (C=N–C) groups is 1. The average Bonchev–Trinajstić information content (AvgIpc) is 3.03. The molecule has 0 unspecified atom stereocenters. The minimum atomic E-state index is 0.531. The van der Waals surface area contributed by atoms with Crippen molar-refractivity contribution in [3.8, 4) is 0 Å². The van der Waals surface area contributed by atoms with Crippen LogP contribution < -0.4 is 10.6 Å². The molecule has 0 radical (unpaired) electrons. The first-order chi connectivity index (χ1) is 11.6.